The Balaban J connectivity index is 2.50. The van der Waals surface area contributed by atoms with E-state index in [9.17, 15) is 18.0 Å². The molecule has 2 amide bonds. The molecule has 1 rings (SSSR count). The average molecular weight is 306 g/mol. The summed E-state index contributed by atoms with van der Waals surface area (Å²) in [6, 6.07) is 4.85. The van der Waals surface area contributed by atoms with Gasteiger partial charge >= 0.3 is 12.4 Å². The van der Waals surface area contributed by atoms with Crippen LogP contribution in [0.3, 0.4) is 0 Å². The van der Waals surface area contributed by atoms with Crippen molar-refractivity contribution < 1.29 is 27.8 Å². The molecule has 8 heteroatoms. The summed E-state index contributed by atoms with van der Waals surface area (Å²) >= 11 is 0. The largest absolute Gasteiger partial charge is 0.573 e. The van der Waals surface area contributed by atoms with Gasteiger partial charge in [0.05, 0.1) is 12.6 Å². The second kappa shape index (κ2) is 7.72. The van der Waals surface area contributed by atoms with E-state index in [0.717, 1.165) is 0 Å². The number of urea groups is 1. The van der Waals surface area contributed by atoms with E-state index in [-0.39, 0.29) is 25.3 Å². The summed E-state index contributed by atoms with van der Waals surface area (Å²) < 4.78 is 40.6. The Morgan fingerprint density at radius 2 is 2.05 bits per heavy atom. The number of benzene rings is 1. The Morgan fingerprint density at radius 1 is 1.38 bits per heavy atom. The third kappa shape index (κ3) is 6.84. The Hall–Kier alpha value is -1.96. The van der Waals surface area contributed by atoms with Crippen molar-refractivity contribution in [2.75, 3.05) is 13.2 Å². The van der Waals surface area contributed by atoms with Gasteiger partial charge in [-0.25, -0.2) is 4.79 Å². The second-order valence-corrected chi connectivity index (χ2v) is 4.39. The molecule has 5 nitrogen and oxygen atoms in total. The van der Waals surface area contributed by atoms with Gasteiger partial charge in [-0.1, -0.05) is 18.2 Å². The quantitative estimate of drug-likeness (QED) is 0.750. The minimum Gasteiger partial charge on any atom is -0.406 e. The van der Waals surface area contributed by atoms with E-state index in [1.165, 1.54) is 18.2 Å². The molecule has 0 aliphatic heterocycles. The Kier molecular flexibility index (Phi) is 6.29. The molecule has 1 unspecified atom stereocenters. The maximum atomic E-state index is 12.2. The molecule has 0 aromatic heterocycles. The molecule has 0 radical (unpaired) electrons. The normalized spacial score (nSPS) is 12.6. The van der Waals surface area contributed by atoms with Crippen molar-refractivity contribution in [3.05, 3.63) is 29.8 Å². The van der Waals surface area contributed by atoms with Crippen LogP contribution in [0.25, 0.3) is 0 Å². The molecule has 0 heterocycles. The predicted molar refractivity (Wildman–Crippen MR) is 69.9 cm³/mol. The van der Waals surface area contributed by atoms with Crippen LogP contribution in [0.4, 0.5) is 18.0 Å². The molecule has 0 saturated carbocycles. The van der Waals surface area contributed by atoms with E-state index in [4.69, 9.17) is 5.11 Å². The van der Waals surface area contributed by atoms with Crippen molar-refractivity contribution >= 4 is 6.03 Å². The van der Waals surface area contributed by atoms with Gasteiger partial charge in [0, 0.05) is 6.54 Å². The summed E-state index contributed by atoms with van der Waals surface area (Å²) in [6.45, 7) is 1.56. The average Bonchev–Trinajstić information content (AvgIpc) is 2.39. The number of halogens is 3. The first kappa shape index (κ1) is 17.1. The summed E-state index contributed by atoms with van der Waals surface area (Å²) in [5.74, 6) is -0.282. The summed E-state index contributed by atoms with van der Waals surface area (Å²) in [7, 11) is 0. The van der Waals surface area contributed by atoms with Crippen LogP contribution in [0.1, 0.15) is 12.5 Å². The van der Waals surface area contributed by atoms with Crippen LogP contribution in [-0.2, 0) is 6.42 Å². The molecule has 1 aromatic rings. The van der Waals surface area contributed by atoms with E-state index in [2.05, 4.69) is 15.4 Å². The minimum atomic E-state index is -4.75. The van der Waals surface area contributed by atoms with Gasteiger partial charge < -0.3 is 20.5 Å². The fourth-order valence-electron chi connectivity index (χ4n) is 1.57. The Labute approximate surface area is 120 Å². The van der Waals surface area contributed by atoms with Gasteiger partial charge in [-0.05, 0) is 25.0 Å². The highest BCUT2D eigenvalue weighted by molar-refractivity contribution is 5.74. The van der Waals surface area contributed by atoms with Gasteiger partial charge in [-0.15, -0.1) is 13.2 Å². The van der Waals surface area contributed by atoms with Crippen LogP contribution >= 0.6 is 0 Å². The zero-order valence-electron chi connectivity index (χ0n) is 11.4. The van der Waals surface area contributed by atoms with Crippen LogP contribution in [0.15, 0.2) is 24.3 Å². The smallest absolute Gasteiger partial charge is 0.406 e. The SMILES string of the molecule is CC(CO)NC(=O)NCCc1ccccc1OC(F)(F)F. The summed E-state index contributed by atoms with van der Waals surface area (Å²) in [5, 5.41) is 13.7. The second-order valence-electron chi connectivity index (χ2n) is 4.39. The third-order valence-corrected chi connectivity index (χ3v) is 2.53. The molecular formula is C13H17F3N2O3. The number of para-hydroxylation sites is 1. The van der Waals surface area contributed by atoms with Crippen molar-refractivity contribution in [3.8, 4) is 5.75 Å². The Bertz CT molecular complexity index is 466. The first-order valence-corrected chi connectivity index (χ1v) is 6.30. The summed E-state index contributed by atoms with van der Waals surface area (Å²) in [4.78, 5) is 11.4. The highest BCUT2D eigenvalue weighted by Gasteiger charge is 2.31. The number of hydrogen-bond acceptors (Lipinski definition) is 3. The van der Waals surface area contributed by atoms with E-state index in [1.807, 2.05) is 0 Å². The van der Waals surface area contributed by atoms with Gasteiger partial charge in [-0.3, -0.25) is 0 Å². The van der Waals surface area contributed by atoms with Crippen molar-refractivity contribution in [2.24, 2.45) is 0 Å². The number of alkyl halides is 3. The zero-order valence-corrected chi connectivity index (χ0v) is 11.4. The van der Waals surface area contributed by atoms with Crippen LogP contribution in [0.5, 0.6) is 5.75 Å². The number of rotatable bonds is 6. The number of ether oxygens (including phenoxy) is 1. The standard InChI is InChI=1S/C13H17F3N2O3/c1-9(8-19)18-12(20)17-7-6-10-4-2-3-5-11(10)21-13(14,15)16/h2-5,9,19H,6-8H2,1H3,(H2,17,18,20). The number of carbonyl (C=O) groups excluding carboxylic acids is 1. The molecule has 0 fully saturated rings. The topological polar surface area (TPSA) is 70.6 Å². The minimum absolute atomic E-state index is 0.141. The number of nitrogens with one attached hydrogen (secondary N) is 2. The zero-order chi connectivity index (χ0) is 15.9. The molecule has 0 aliphatic rings. The molecule has 21 heavy (non-hydrogen) atoms. The number of aliphatic hydroxyl groups excluding tert-OH is 1. The highest BCUT2D eigenvalue weighted by atomic mass is 19.4. The molecule has 1 aromatic carbocycles. The van der Waals surface area contributed by atoms with Gasteiger partial charge in [0.1, 0.15) is 5.75 Å². The maximum absolute atomic E-state index is 12.2. The molecule has 118 valence electrons. The van der Waals surface area contributed by atoms with Crippen LogP contribution in [-0.4, -0.2) is 36.7 Å². The van der Waals surface area contributed by atoms with Gasteiger partial charge in [0.15, 0.2) is 0 Å². The summed E-state index contributed by atoms with van der Waals surface area (Å²) in [5.41, 5.74) is 0.338. The fourth-order valence-corrected chi connectivity index (χ4v) is 1.57. The lowest BCUT2D eigenvalue weighted by molar-refractivity contribution is -0.274. The number of amides is 2. The van der Waals surface area contributed by atoms with E-state index in [1.54, 1.807) is 13.0 Å². The number of hydrogen-bond donors (Lipinski definition) is 3. The first-order valence-electron chi connectivity index (χ1n) is 6.30. The van der Waals surface area contributed by atoms with Gasteiger partial charge in [0.2, 0.25) is 0 Å². The maximum Gasteiger partial charge on any atom is 0.573 e. The molecular weight excluding hydrogens is 289 g/mol. The fraction of sp³-hybridized carbons (Fsp3) is 0.462. The van der Waals surface area contributed by atoms with Gasteiger partial charge in [0.25, 0.3) is 0 Å². The predicted octanol–water partition coefficient (Wildman–Crippen LogP) is 1.81. The Morgan fingerprint density at radius 3 is 2.67 bits per heavy atom. The lowest BCUT2D eigenvalue weighted by Gasteiger charge is -2.14. The van der Waals surface area contributed by atoms with E-state index in [0.29, 0.717) is 5.56 Å². The number of carbonyl (C=O) groups is 1. The van der Waals surface area contributed by atoms with Crippen molar-refractivity contribution in [3.63, 3.8) is 0 Å². The first-order chi connectivity index (χ1) is 9.81. The van der Waals surface area contributed by atoms with Gasteiger partial charge in [-0.2, -0.15) is 0 Å². The van der Waals surface area contributed by atoms with Crippen LogP contribution < -0.4 is 15.4 Å². The molecule has 3 N–H and O–H groups in total. The third-order valence-electron chi connectivity index (χ3n) is 2.53. The van der Waals surface area contributed by atoms with Crippen LogP contribution in [0, 0.1) is 0 Å². The molecule has 0 aliphatic carbocycles. The molecule has 0 bridgehead atoms. The molecule has 1 atom stereocenters. The molecule has 0 spiro atoms. The van der Waals surface area contributed by atoms with Crippen LogP contribution in [0.2, 0.25) is 0 Å². The lowest BCUT2D eigenvalue weighted by Crippen LogP contribution is -2.42. The van der Waals surface area contributed by atoms with Crippen molar-refractivity contribution in [1.29, 1.82) is 0 Å². The lowest BCUT2D eigenvalue weighted by atomic mass is 10.1. The monoisotopic (exact) mass is 306 g/mol. The van der Waals surface area contributed by atoms with Crippen molar-refractivity contribution in [1.82, 2.24) is 10.6 Å². The highest BCUT2D eigenvalue weighted by Crippen LogP contribution is 2.26. The summed E-state index contributed by atoms with van der Waals surface area (Å²) in [6.07, 6.45) is -4.56. The van der Waals surface area contributed by atoms with E-state index < -0.39 is 18.4 Å². The number of aliphatic hydroxyl groups is 1. The van der Waals surface area contributed by atoms with Crippen molar-refractivity contribution in [2.45, 2.75) is 25.7 Å². The molecule has 0 saturated heterocycles. The van der Waals surface area contributed by atoms with E-state index >= 15 is 0 Å².